The first-order valence-electron chi connectivity index (χ1n) is 4.39. The molecule has 14 heavy (non-hydrogen) atoms. The molecule has 0 saturated heterocycles. The third kappa shape index (κ3) is 3.48. The lowest BCUT2D eigenvalue weighted by Crippen LogP contribution is -2.16. The van der Waals surface area contributed by atoms with Gasteiger partial charge in [0.25, 0.3) is 0 Å². The van der Waals surface area contributed by atoms with Crippen LogP contribution >= 0.6 is 27.5 Å². The normalized spacial score (nSPS) is 12.6. The van der Waals surface area contributed by atoms with Crippen molar-refractivity contribution >= 4 is 27.5 Å². The molecule has 0 aliphatic carbocycles. The first-order chi connectivity index (χ1) is 6.63. The Morgan fingerprint density at radius 1 is 1.57 bits per heavy atom. The number of benzene rings is 1. The van der Waals surface area contributed by atoms with Crippen molar-refractivity contribution < 1.29 is 9.84 Å². The lowest BCUT2D eigenvalue weighted by molar-refractivity contribution is 0.104. The van der Waals surface area contributed by atoms with Crippen LogP contribution in [0.15, 0.2) is 22.7 Å². The zero-order chi connectivity index (χ0) is 10.6. The van der Waals surface area contributed by atoms with Crippen molar-refractivity contribution in [3.63, 3.8) is 0 Å². The molecular formula is C10H12BrClO2. The van der Waals surface area contributed by atoms with Crippen molar-refractivity contribution in [2.45, 2.75) is 19.4 Å². The van der Waals surface area contributed by atoms with Crippen LogP contribution in [-0.2, 0) is 0 Å². The zero-order valence-electron chi connectivity index (χ0n) is 7.84. The van der Waals surface area contributed by atoms with E-state index >= 15 is 0 Å². The van der Waals surface area contributed by atoms with Gasteiger partial charge < -0.3 is 9.84 Å². The van der Waals surface area contributed by atoms with E-state index in [9.17, 15) is 5.11 Å². The van der Waals surface area contributed by atoms with E-state index in [0.717, 1.165) is 4.47 Å². The van der Waals surface area contributed by atoms with Gasteiger partial charge in [-0.1, -0.05) is 34.5 Å². The molecule has 2 nitrogen and oxygen atoms in total. The fourth-order valence-corrected chi connectivity index (χ4v) is 1.40. The molecule has 1 rings (SSSR count). The predicted octanol–water partition coefficient (Wildman–Crippen LogP) is 3.25. The van der Waals surface area contributed by atoms with Crippen molar-refractivity contribution in [2.75, 3.05) is 6.61 Å². The number of aliphatic hydroxyl groups excluding tert-OH is 1. The van der Waals surface area contributed by atoms with Crippen LogP contribution in [0, 0.1) is 0 Å². The minimum absolute atomic E-state index is 0.271. The van der Waals surface area contributed by atoms with Crippen LogP contribution in [0.3, 0.4) is 0 Å². The van der Waals surface area contributed by atoms with Gasteiger partial charge in [0.05, 0.1) is 11.1 Å². The van der Waals surface area contributed by atoms with Gasteiger partial charge in [0, 0.05) is 4.47 Å². The molecule has 78 valence electrons. The summed E-state index contributed by atoms with van der Waals surface area (Å²) in [6.45, 7) is 2.17. The van der Waals surface area contributed by atoms with E-state index in [0.29, 0.717) is 17.2 Å². The highest BCUT2D eigenvalue weighted by Crippen LogP contribution is 2.27. The van der Waals surface area contributed by atoms with Crippen LogP contribution in [-0.4, -0.2) is 17.8 Å². The molecule has 1 aromatic carbocycles. The predicted molar refractivity (Wildman–Crippen MR) is 60.9 cm³/mol. The molecule has 0 aliphatic rings. The number of rotatable bonds is 4. The Bertz CT molecular complexity index is 304. The topological polar surface area (TPSA) is 29.5 Å². The molecular weight excluding hydrogens is 267 g/mol. The maximum atomic E-state index is 9.30. The second-order valence-corrected chi connectivity index (χ2v) is 4.27. The van der Waals surface area contributed by atoms with Gasteiger partial charge in [-0.25, -0.2) is 0 Å². The van der Waals surface area contributed by atoms with Gasteiger partial charge in [-0.15, -0.1) is 0 Å². The van der Waals surface area contributed by atoms with Crippen molar-refractivity contribution in [3.05, 3.63) is 27.7 Å². The van der Waals surface area contributed by atoms with Crippen molar-refractivity contribution in [3.8, 4) is 5.75 Å². The third-order valence-corrected chi connectivity index (χ3v) is 2.60. The maximum absolute atomic E-state index is 9.30. The lowest BCUT2D eigenvalue weighted by atomic mass is 10.3. The lowest BCUT2D eigenvalue weighted by Gasteiger charge is -2.11. The summed E-state index contributed by atoms with van der Waals surface area (Å²) >= 11 is 9.21. The van der Waals surface area contributed by atoms with E-state index < -0.39 is 6.10 Å². The monoisotopic (exact) mass is 278 g/mol. The van der Waals surface area contributed by atoms with Crippen LogP contribution in [0.5, 0.6) is 5.75 Å². The first kappa shape index (κ1) is 11.8. The molecule has 0 aliphatic heterocycles. The Morgan fingerprint density at radius 2 is 2.29 bits per heavy atom. The quantitative estimate of drug-likeness (QED) is 0.917. The molecule has 1 atom stereocenters. The highest BCUT2D eigenvalue weighted by Gasteiger charge is 2.05. The summed E-state index contributed by atoms with van der Waals surface area (Å²) < 4.78 is 6.26. The average molecular weight is 280 g/mol. The van der Waals surface area contributed by atoms with Crippen LogP contribution in [0.4, 0.5) is 0 Å². The molecule has 1 unspecified atom stereocenters. The number of hydrogen-bond acceptors (Lipinski definition) is 2. The number of halogens is 2. The van der Waals surface area contributed by atoms with Crippen LogP contribution in [0.1, 0.15) is 13.3 Å². The molecule has 0 radical (unpaired) electrons. The number of aliphatic hydroxyl groups is 1. The summed E-state index contributed by atoms with van der Waals surface area (Å²) in [4.78, 5) is 0. The van der Waals surface area contributed by atoms with Crippen molar-refractivity contribution in [2.24, 2.45) is 0 Å². The molecule has 0 amide bonds. The molecule has 0 bridgehead atoms. The van der Waals surface area contributed by atoms with Gasteiger partial charge in [0.2, 0.25) is 0 Å². The molecule has 1 aromatic rings. The van der Waals surface area contributed by atoms with Crippen LogP contribution in [0.25, 0.3) is 0 Å². The summed E-state index contributed by atoms with van der Waals surface area (Å²) in [7, 11) is 0. The Hall–Kier alpha value is -0.250. The zero-order valence-corrected chi connectivity index (χ0v) is 10.2. The van der Waals surface area contributed by atoms with Gasteiger partial charge in [0.15, 0.2) is 0 Å². The standard InChI is InChI=1S/C10H12BrClO2/c1-2-8(13)6-14-10-5-7(11)3-4-9(10)12/h3-5,8,13H,2,6H2,1H3. The summed E-state index contributed by atoms with van der Waals surface area (Å²) in [6.07, 6.45) is 0.232. The molecule has 0 spiro atoms. The van der Waals surface area contributed by atoms with Crippen LogP contribution < -0.4 is 4.74 Å². The number of ether oxygens (including phenoxy) is 1. The van der Waals surface area contributed by atoms with E-state index in [2.05, 4.69) is 15.9 Å². The van der Waals surface area contributed by atoms with E-state index in [4.69, 9.17) is 16.3 Å². The molecule has 1 N–H and O–H groups in total. The molecule has 0 heterocycles. The smallest absolute Gasteiger partial charge is 0.139 e. The first-order valence-corrected chi connectivity index (χ1v) is 5.56. The van der Waals surface area contributed by atoms with Crippen LogP contribution in [0.2, 0.25) is 5.02 Å². The number of hydrogen-bond donors (Lipinski definition) is 1. The van der Waals surface area contributed by atoms with Gasteiger partial charge in [0.1, 0.15) is 12.4 Å². The fourth-order valence-electron chi connectivity index (χ4n) is 0.892. The molecule has 4 heteroatoms. The van der Waals surface area contributed by atoms with E-state index in [1.165, 1.54) is 0 Å². The van der Waals surface area contributed by atoms with Gasteiger partial charge in [-0.2, -0.15) is 0 Å². The van der Waals surface area contributed by atoms with E-state index in [1.807, 2.05) is 13.0 Å². The second-order valence-electron chi connectivity index (χ2n) is 2.95. The Labute approximate surface area is 97.0 Å². The van der Waals surface area contributed by atoms with Crippen molar-refractivity contribution in [1.82, 2.24) is 0 Å². The Balaban J connectivity index is 2.62. The summed E-state index contributed by atoms with van der Waals surface area (Å²) in [5.41, 5.74) is 0. The van der Waals surface area contributed by atoms with Crippen molar-refractivity contribution in [1.29, 1.82) is 0 Å². The second kappa shape index (κ2) is 5.59. The third-order valence-electron chi connectivity index (χ3n) is 1.80. The maximum Gasteiger partial charge on any atom is 0.139 e. The fraction of sp³-hybridized carbons (Fsp3) is 0.400. The molecule has 0 aromatic heterocycles. The highest BCUT2D eigenvalue weighted by molar-refractivity contribution is 9.10. The Kier molecular flexibility index (Phi) is 4.72. The molecule has 0 fully saturated rings. The van der Waals surface area contributed by atoms with E-state index in [-0.39, 0.29) is 6.61 Å². The summed E-state index contributed by atoms with van der Waals surface area (Å²) in [5, 5.41) is 9.85. The average Bonchev–Trinajstić information content (AvgIpc) is 2.19. The van der Waals surface area contributed by atoms with Gasteiger partial charge in [-0.05, 0) is 24.6 Å². The minimum Gasteiger partial charge on any atom is -0.489 e. The summed E-state index contributed by atoms with van der Waals surface area (Å²) in [6, 6.07) is 5.37. The minimum atomic E-state index is -0.440. The largest absolute Gasteiger partial charge is 0.489 e. The Morgan fingerprint density at radius 3 is 2.93 bits per heavy atom. The van der Waals surface area contributed by atoms with Gasteiger partial charge >= 0.3 is 0 Å². The summed E-state index contributed by atoms with van der Waals surface area (Å²) in [5.74, 6) is 0.591. The van der Waals surface area contributed by atoms with Gasteiger partial charge in [-0.3, -0.25) is 0 Å². The molecule has 0 saturated carbocycles. The highest BCUT2D eigenvalue weighted by atomic mass is 79.9. The van der Waals surface area contributed by atoms with E-state index in [1.54, 1.807) is 12.1 Å². The SMILES string of the molecule is CCC(O)COc1cc(Br)ccc1Cl.